The number of halogens is 2. The van der Waals surface area contributed by atoms with Crippen LogP contribution in [0.3, 0.4) is 0 Å². The Morgan fingerprint density at radius 3 is 2.67 bits per heavy atom. The molecule has 0 aromatic heterocycles. The minimum Gasteiger partial charge on any atom is -0.494 e. The summed E-state index contributed by atoms with van der Waals surface area (Å²) in [6.07, 6.45) is 0.727. The van der Waals surface area contributed by atoms with Crippen LogP contribution in [0, 0.1) is 5.82 Å². The smallest absolute Gasteiger partial charge is 0.364 e. The van der Waals surface area contributed by atoms with E-state index < -0.39 is 17.6 Å². The Morgan fingerprint density at radius 1 is 1.53 bits per heavy atom. The first-order chi connectivity index (χ1) is 7.04. The van der Waals surface area contributed by atoms with Gasteiger partial charge in [-0.05, 0) is 23.8 Å². The van der Waals surface area contributed by atoms with Gasteiger partial charge in [-0.3, -0.25) is 0 Å². The molecular formula is C10H8F2O3. The molecule has 0 aliphatic heterocycles. The Morgan fingerprint density at radius 2 is 2.20 bits per heavy atom. The van der Waals surface area contributed by atoms with E-state index in [0.29, 0.717) is 0 Å². The summed E-state index contributed by atoms with van der Waals surface area (Å²) < 4.78 is 30.4. The molecule has 1 aromatic rings. The summed E-state index contributed by atoms with van der Waals surface area (Å²) in [6, 6.07) is 3.63. The molecule has 1 aromatic carbocycles. The summed E-state index contributed by atoms with van der Waals surface area (Å²) in [6.45, 7) is 0. The predicted octanol–water partition coefficient (Wildman–Crippen LogP) is 2.23. The van der Waals surface area contributed by atoms with Crippen molar-refractivity contribution >= 4 is 12.0 Å². The van der Waals surface area contributed by atoms with Gasteiger partial charge in [0, 0.05) is 0 Å². The number of ether oxygens (including phenoxy) is 1. The first-order valence-electron chi connectivity index (χ1n) is 3.98. The van der Waals surface area contributed by atoms with Crippen LogP contribution in [-0.2, 0) is 4.79 Å². The van der Waals surface area contributed by atoms with Crippen molar-refractivity contribution in [2.75, 3.05) is 7.11 Å². The molecule has 5 heteroatoms. The molecule has 0 amide bonds. The number of rotatable bonds is 3. The van der Waals surface area contributed by atoms with Gasteiger partial charge in [-0.1, -0.05) is 6.07 Å². The maximum Gasteiger partial charge on any atom is 0.364 e. The van der Waals surface area contributed by atoms with Crippen molar-refractivity contribution < 1.29 is 23.4 Å². The van der Waals surface area contributed by atoms with Crippen molar-refractivity contribution in [1.29, 1.82) is 0 Å². The van der Waals surface area contributed by atoms with Crippen molar-refractivity contribution in [3.8, 4) is 5.75 Å². The van der Waals surface area contributed by atoms with Gasteiger partial charge in [-0.15, -0.1) is 0 Å². The van der Waals surface area contributed by atoms with E-state index >= 15 is 0 Å². The van der Waals surface area contributed by atoms with Crippen molar-refractivity contribution in [2.45, 2.75) is 0 Å². The van der Waals surface area contributed by atoms with Crippen LogP contribution in [0.5, 0.6) is 5.75 Å². The molecule has 0 aliphatic carbocycles. The molecule has 0 atom stereocenters. The Hall–Kier alpha value is -1.91. The largest absolute Gasteiger partial charge is 0.494 e. The molecule has 0 saturated heterocycles. The van der Waals surface area contributed by atoms with Gasteiger partial charge >= 0.3 is 5.97 Å². The molecule has 15 heavy (non-hydrogen) atoms. The van der Waals surface area contributed by atoms with Gasteiger partial charge in [-0.2, -0.15) is 4.39 Å². The first-order valence-corrected chi connectivity index (χ1v) is 3.98. The number of hydrogen-bond acceptors (Lipinski definition) is 2. The molecule has 0 bridgehead atoms. The van der Waals surface area contributed by atoms with Crippen molar-refractivity contribution in [3.05, 3.63) is 35.4 Å². The monoisotopic (exact) mass is 214 g/mol. The molecule has 0 saturated carbocycles. The van der Waals surface area contributed by atoms with E-state index in [4.69, 9.17) is 5.11 Å². The number of carboxylic acid groups (broad SMARTS) is 1. The van der Waals surface area contributed by atoms with Gasteiger partial charge < -0.3 is 9.84 Å². The number of benzene rings is 1. The lowest BCUT2D eigenvalue weighted by Crippen LogP contribution is -1.94. The van der Waals surface area contributed by atoms with Crippen LogP contribution in [0.4, 0.5) is 8.78 Å². The third-order valence-corrected chi connectivity index (χ3v) is 1.67. The number of aliphatic carboxylic acids is 1. The summed E-state index contributed by atoms with van der Waals surface area (Å²) in [5, 5.41) is 8.25. The number of methoxy groups -OCH3 is 1. The normalized spacial score (nSPS) is 11.3. The fourth-order valence-electron chi connectivity index (χ4n) is 0.980. The van der Waals surface area contributed by atoms with Crippen LogP contribution >= 0.6 is 0 Å². The van der Waals surface area contributed by atoms with Crippen molar-refractivity contribution in [3.63, 3.8) is 0 Å². The van der Waals surface area contributed by atoms with E-state index in [1.54, 1.807) is 0 Å². The van der Waals surface area contributed by atoms with E-state index in [1.165, 1.54) is 19.2 Å². The van der Waals surface area contributed by atoms with Gasteiger partial charge in [0.15, 0.2) is 11.6 Å². The SMILES string of the molecule is COc1ccc(C=C(F)C(=O)O)cc1F. The number of carbonyl (C=O) groups is 1. The third-order valence-electron chi connectivity index (χ3n) is 1.67. The summed E-state index contributed by atoms with van der Waals surface area (Å²) in [5.74, 6) is -3.70. The minimum atomic E-state index is -1.69. The molecule has 3 nitrogen and oxygen atoms in total. The van der Waals surface area contributed by atoms with E-state index in [0.717, 1.165) is 12.1 Å². The summed E-state index contributed by atoms with van der Waals surface area (Å²) in [7, 11) is 1.30. The highest BCUT2D eigenvalue weighted by molar-refractivity contribution is 5.89. The Labute approximate surface area is 84.6 Å². The average Bonchev–Trinajstić information content (AvgIpc) is 2.18. The highest BCUT2D eigenvalue weighted by Gasteiger charge is 2.07. The lowest BCUT2D eigenvalue weighted by molar-refractivity contribution is -0.134. The Balaban J connectivity index is 3.03. The van der Waals surface area contributed by atoms with Crippen molar-refractivity contribution in [2.24, 2.45) is 0 Å². The van der Waals surface area contributed by atoms with Crippen LogP contribution in [-0.4, -0.2) is 18.2 Å². The van der Waals surface area contributed by atoms with Gasteiger partial charge in [0.25, 0.3) is 0 Å². The van der Waals surface area contributed by atoms with Crippen molar-refractivity contribution in [1.82, 2.24) is 0 Å². The fraction of sp³-hybridized carbons (Fsp3) is 0.100. The summed E-state index contributed by atoms with van der Waals surface area (Å²) in [4.78, 5) is 10.1. The average molecular weight is 214 g/mol. The van der Waals surface area contributed by atoms with E-state index in [1.807, 2.05) is 0 Å². The number of carboxylic acids is 1. The zero-order valence-corrected chi connectivity index (χ0v) is 7.83. The van der Waals surface area contributed by atoms with Crippen LogP contribution in [0.1, 0.15) is 5.56 Å². The second-order valence-electron chi connectivity index (χ2n) is 2.69. The van der Waals surface area contributed by atoms with Crippen LogP contribution in [0.2, 0.25) is 0 Å². The molecule has 0 unspecified atom stereocenters. The lowest BCUT2D eigenvalue weighted by atomic mass is 10.2. The molecule has 0 fully saturated rings. The van der Waals surface area contributed by atoms with E-state index in [9.17, 15) is 13.6 Å². The molecule has 0 radical (unpaired) electrons. The lowest BCUT2D eigenvalue weighted by Gasteiger charge is -2.01. The first kappa shape index (κ1) is 11.2. The van der Waals surface area contributed by atoms with Crippen LogP contribution in [0.25, 0.3) is 6.08 Å². The topological polar surface area (TPSA) is 46.5 Å². The van der Waals surface area contributed by atoms with Gasteiger partial charge in [0.1, 0.15) is 0 Å². The fourth-order valence-corrected chi connectivity index (χ4v) is 0.980. The Kier molecular flexibility index (Phi) is 3.38. The molecule has 0 spiro atoms. The maximum absolute atomic E-state index is 13.1. The molecule has 0 heterocycles. The van der Waals surface area contributed by atoms with Gasteiger partial charge in [0.2, 0.25) is 5.83 Å². The van der Waals surface area contributed by atoms with Gasteiger partial charge in [-0.25, -0.2) is 9.18 Å². The van der Waals surface area contributed by atoms with Crippen LogP contribution in [0.15, 0.2) is 24.0 Å². The van der Waals surface area contributed by atoms with Gasteiger partial charge in [0.05, 0.1) is 7.11 Å². The second kappa shape index (κ2) is 4.54. The van der Waals surface area contributed by atoms with Crippen LogP contribution < -0.4 is 4.74 Å². The molecule has 1 rings (SSSR count). The zero-order chi connectivity index (χ0) is 11.4. The Bertz CT molecular complexity index is 413. The molecular weight excluding hydrogens is 206 g/mol. The highest BCUT2D eigenvalue weighted by Crippen LogP contribution is 2.19. The highest BCUT2D eigenvalue weighted by atomic mass is 19.1. The summed E-state index contributed by atoms with van der Waals surface area (Å²) in [5.41, 5.74) is 0.119. The molecule has 80 valence electrons. The number of hydrogen-bond donors (Lipinski definition) is 1. The summed E-state index contributed by atoms with van der Waals surface area (Å²) >= 11 is 0. The van der Waals surface area contributed by atoms with E-state index in [-0.39, 0.29) is 11.3 Å². The maximum atomic E-state index is 13.1. The van der Waals surface area contributed by atoms with E-state index in [2.05, 4.69) is 4.74 Å². The standard InChI is InChI=1S/C10H8F2O3/c1-15-9-3-2-6(4-7(9)11)5-8(12)10(13)14/h2-5H,1H3,(H,13,14). The molecule has 0 aliphatic rings. The molecule has 1 N–H and O–H groups in total. The zero-order valence-electron chi connectivity index (χ0n) is 7.83. The quantitative estimate of drug-likeness (QED) is 0.785. The third kappa shape index (κ3) is 2.77. The minimum absolute atomic E-state index is 0.0166. The predicted molar refractivity (Wildman–Crippen MR) is 49.7 cm³/mol. The second-order valence-corrected chi connectivity index (χ2v) is 2.69.